The number of allylic oxidation sites excluding steroid dienone is 1. The molecule has 0 radical (unpaired) electrons. The number of carbonyl (C=O) groups is 1. The van der Waals surface area contributed by atoms with Gasteiger partial charge in [0.2, 0.25) is 0 Å². The molecule has 1 rings (SSSR count). The molecule has 2 nitrogen and oxygen atoms in total. The van der Waals surface area contributed by atoms with Gasteiger partial charge in [-0.3, -0.25) is 4.79 Å². The number of esters is 1. The van der Waals surface area contributed by atoms with Crippen LogP contribution in [0.15, 0.2) is 12.7 Å². The third-order valence-corrected chi connectivity index (χ3v) is 2.95. The number of hydrogen-bond donors (Lipinski definition) is 0. The first kappa shape index (κ1) is 11.3. The van der Waals surface area contributed by atoms with E-state index in [0.29, 0.717) is 12.3 Å². The average molecular weight is 196 g/mol. The molecule has 0 bridgehead atoms. The highest BCUT2D eigenvalue weighted by atomic mass is 16.5. The summed E-state index contributed by atoms with van der Waals surface area (Å²) in [5, 5.41) is 0. The molecule has 80 valence electrons. The molecule has 1 saturated carbocycles. The quantitative estimate of drug-likeness (QED) is 0.499. The van der Waals surface area contributed by atoms with E-state index in [-0.39, 0.29) is 12.1 Å². The lowest BCUT2D eigenvalue weighted by atomic mass is 10.0. The molecular weight excluding hydrogens is 176 g/mol. The van der Waals surface area contributed by atoms with Gasteiger partial charge in [0.15, 0.2) is 0 Å². The van der Waals surface area contributed by atoms with Gasteiger partial charge in [-0.05, 0) is 38.0 Å². The second-order valence-corrected chi connectivity index (χ2v) is 3.95. The third-order valence-electron chi connectivity index (χ3n) is 2.95. The van der Waals surface area contributed by atoms with E-state index in [2.05, 4.69) is 13.5 Å². The van der Waals surface area contributed by atoms with Crippen molar-refractivity contribution in [3.05, 3.63) is 12.7 Å². The zero-order valence-electron chi connectivity index (χ0n) is 9.00. The van der Waals surface area contributed by atoms with Crippen LogP contribution in [0.2, 0.25) is 0 Å². The van der Waals surface area contributed by atoms with Gasteiger partial charge in [-0.25, -0.2) is 0 Å². The third kappa shape index (κ3) is 3.17. The van der Waals surface area contributed by atoms with Crippen molar-refractivity contribution in [2.24, 2.45) is 5.92 Å². The average Bonchev–Trinajstić information content (AvgIpc) is 2.62. The van der Waals surface area contributed by atoms with Crippen molar-refractivity contribution in [3.63, 3.8) is 0 Å². The monoisotopic (exact) mass is 196 g/mol. The van der Waals surface area contributed by atoms with Crippen molar-refractivity contribution in [2.45, 2.75) is 51.6 Å². The van der Waals surface area contributed by atoms with Crippen molar-refractivity contribution < 1.29 is 9.53 Å². The van der Waals surface area contributed by atoms with Crippen LogP contribution < -0.4 is 0 Å². The SMILES string of the molecule is C=CCCC(=O)OC1CCCC1CC. The molecular formula is C12H20O2. The Morgan fingerprint density at radius 2 is 2.36 bits per heavy atom. The molecule has 14 heavy (non-hydrogen) atoms. The first-order chi connectivity index (χ1) is 6.77. The fraction of sp³-hybridized carbons (Fsp3) is 0.750. The van der Waals surface area contributed by atoms with Crippen LogP contribution in [-0.2, 0) is 9.53 Å². The van der Waals surface area contributed by atoms with E-state index in [0.717, 1.165) is 19.3 Å². The van der Waals surface area contributed by atoms with Gasteiger partial charge in [-0.1, -0.05) is 13.0 Å². The highest BCUT2D eigenvalue weighted by molar-refractivity contribution is 5.69. The van der Waals surface area contributed by atoms with Crippen molar-refractivity contribution >= 4 is 5.97 Å². The minimum absolute atomic E-state index is 0.0600. The Kier molecular flexibility index (Phi) is 4.71. The number of ether oxygens (including phenoxy) is 1. The van der Waals surface area contributed by atoms with Gasteiger partial charge in [-0.2, -0.15) is 0 Å². The second kappa shape index (κ2) is 5.84. The van der Waals surface area contributed by atoms with E-state index in [1.54, 1.807) is 6.08 Å². The standard InChI is InChI=1S/C12H20O2/c1-3-5-9-12(13)14-11-8-6-7-10(11)4-2/h3,10-11H,1,4-9H2,2H3. The Hall–Kier alpha value is -0.790. The van der Waals surface area contributed by atoms with Gasteiger partial charge in [0.1, 0.15) is 6.10 Å². The first-order valence-corrected chi connectivity index (χ1v) is 5.58. The van der Waals surface area contributed by atoms with Gasteiger partial charge in [0, 0.05) is 6.42 Å². The molecule has 2 heteroatoms. The summed E-state index contributed by atoms with van der Waals surface area (Å²) in [5.41, 5.74) is 0. The molecule has 1 aliphatic rings. The maximum atomic E-state index is 11.3. The van der Waals surface area contributed by atoms with Crippen LogP contribution in [0.5, 0.6) is 0 Å². The van der Waals surface area contributed by atoms with Crippen molar-refractivity contribution in [3.8, 4) is 0 Å². The van der Waals surface area contributed by atoms with Crippen molar-refractivity contribution in [1.29, 1.82) is 0 Å². The predicted molar refractivity (Wildman–Crippen MR) is 56.9 cm³/mol. The van der Waals surface area contributed by atoms with Gasteiger partial charge >= 0.3 is 5.97 Å². The molecule has 0 aromatic heterocycles. The number of carbonyl (C=O) groups excluding carboxylic acids is 1. The van der Waals surface area contributed by atoms with E-state index in [9.17, 15) is 4.79 Å². The fourth-order valence-electron chi connectivity index (χ4n) is 2.07. The predicted octanol–water partition coefficient (Wildman–Crippen LogP) is 3.07. The van der Waals surface area contributed by atoms with Crippen LogP contribution in [0.1, 0.15) is 45.4 Å². The molecule has 2 unspecified atom stereocenters. The highest BCUT2D eigenvalue weighted by Crippen LogP contribution is 2.30. The van der Waals surface area contributed by atoms with Gasteiger partial charge in [0.05, 0.1) is 0 Å². The molecule has 0 saturated heterocycles. The molecule has 0 amide bonds. The summed E-state index contributed by atoms with van der Waals surface area (Å²) in [7, 11) is 0. The largest absolute Gasteiger partial charge is 0.462 e. The van der Waals surface area contributed by atoms with E-state index in [1.165, 1.54) is 12.8 Å². The second-order valence-electron chi connectivity index (χ2n) is 3.95. The normalized spacial score (nSPS) is 26.1. The Labute approximate surface area is 86.3 Å². The maximum Gasteiger partial charge on any atom is 0.306 e. The van der Waals surface area contributed by atoms with Crippen LogP contribution >= 0.6 is 0 Å². The molecule has 2 atom stereocenters. The summed E-state index contributed by atoms with van der Waals surface area (Å²) in [5.74, 6) is 0.540. The van der Waals surface area contributed by atoms with E-state index >= 15 is 0 Å². The Balaban J connectivity index is 2.28. The van der Waals surface area contributed by atoms with E-state index in [1.807, 2.05) is 0 Å². The van der Waals surface area contributed by atoms with Crippen molar-refractivity contribution in [2.75, 3.05) is 0 Å². The topological polar surface area (TPSA) is 26.3 Å². The van der Waals surface area contributed by atoms with Crippen LogP contribution in [-0.4, -0.2) is 12.1 Å². The summed E-state index contributed by atoms with van der Waals surface area (Å²) in [6.07, 6.45) is 7.76. The lowest BCUT2D eigenvalue weighted by Gasteiger charge is -2.18. The Bertz CT molecular complexity index is 198. The number of rotatable bonds is 5. The fourth-order valence-corrected chi connectivity index (χ4v) is 2.07. The molecule has 0 aromatic rings. The minimum Gasteiger partial charge on any atom is -0.462 e. The highest BCUT2D eigenvalue weighted by Gasteiger charge is 2.28. The first-order valence-electron chi connectivity index (χ1n) is 5.58. The Morgan fingerprint density at radius 3 is 3.00 bits per heavy atom. The molecule has 0 N–H and O–H groups in total. The summed E-state index contributed by atoms with van der Waals surface area (Å²) in [6.45, 7) is 5.76. The Morgan fingerprint density at radius 1 is 1.57 bits per heavy atom. The van der Waals surface area contributed by atoms with E-state index < -0.39 is 0 Å². The van der Waals surface area contributed by atoms with Crippen LogP contribution in [0.25, 0.3) is 0 Å². The van der Waals surface area contributed by atoms with Gasteiger partial charge in [-0.15, -0.1) is 6.58 Å². The molecule has 1 aliphatic carbocycles. The summed E-state index contributed by atoms with van der Waals surface area (Å²) < 4.78 is 5.43. The zero-order valence-corrected chi connectivity index (χ0v) is 9.00. The van der Waals surface area contributed by atoms with E-state index in [4.69, 9.17) is 4.74 Å². The van der Waals surface area contributed by atoms with Gasteiger partial charge < -0.3 is 4.74 Å². The minimum atomic E-state index is -0.0600. The summed E-state index contributed by atoms with van der Waals surface area (Å²) >= 11 is 0. The van der Waals surface area contributed by atoms with Crippen LogP contribution in [0.3, 0.4) is 0 Å². The van der Waals surface area contributed by atoms with Gasteiger partial charge in [0.25, 0.3) is 0 Å². The molecule has 0 aromatic carbocycles. The van der Waals surface area contributed by atoms with Crippen LogP contribution in [0.4, 0.5) is 0 Å². The molecule has 0 aliphatic heterocycles. The molecule has 0 heterocycles. The maximum absolute atomic E-state index is 11.3. The lowest BCUT2D eigenvalue weighted by Crippen LogP contribution is -2.21. The lowest BCUT2D eigenvalue weighted by molar-refractivity contribution is -0.150. The van der Waals surface area contributed by atoms with Crippen LogP contribution in [0, 0.1) is 5.92 Å². The summed E-state index contributed by atoms with van der Waals surface area (Å²) in [6, 6.07) is 0. The molecule has 0 spiro atoms. The smallest absolute Gasteiger partial charge is 0.306 e. The zero-order chi connectivity index (χ0) is 10.4. The van der Waals surface area contributed by atoms with Crippen molar-refractivity contribution in [1.82, 2.24) is 0 Å². The number of hydrogen-bond acceptors (Lipinski definition) is 2. The molecule has 1 fully saturated rings. The summed E-state index contributed by atoms with van der Waals surface area (Å²) in [4.78, 5) is 11.3.